The molecule has 24 heavy (non-hydrogen) atoms. The summed E-state index contributed by atoms with van der Waals surface area (Å²) in [5, 5.41) is 2.71. The lowest BCUT2D eigenvalue weighted by molar-refractivity contribution is -0.121. The molecule has 1 rings (SSSR count). The van der Waals surface area contributed by atoms with Gasteiger partial charge in [0.05, 0.1) is 25.2 Å². The first kappa shape index (κ1) is 20.2. The summed E-state index contributed by atoms with van der Waals surface area (Å²) in [5.41, 5.74) is 0.488. The van der Waals surface area contributed by atoms with E-state index in [2.05, 4.69) is 5.32 Å². The second-order valence-electron chi connectivity index (χ2n) is 5.18. The molecule has 1 amide bonds. The fourth-order valence-corrected chi connectivity index (χ4v) is 3.14. The molecule has 0 atom stereocenters. The number of ether oxygens (including phenoxy) is 2. The maximum absolute atomic E-state index is 12.1. The summed E-state index contributed by atoms with van der Waals surface area (Å²) in [6.07, 6.45) is 1.80. The van der Waals surface area contributed by atoms with Crippen molar-refractivity contribution in [2.45, 2.75) is 19.8 Å². The molecule has 1 aromatic rings. The van der Waals surface area contributed by atoms with Crippen LogP contribution in [0.5, 0.6) is 5.75 Å². The minimum Gasteiger partial charge on any atom is -0.492 e. The van der Waals surface area contributed by atoms with Crippen LogP contribution in [0.25, 0.3) is 0 Å². The smallest absolute Gasteiger partial charge is 0.232 e. The number of benzene rings is 1. The van der Waals surface area contributed by atoms with Crippen molar-refractivity contribution in [2.75, 3.05) is 44.0 Å². The molecule has 0 heterocycles. The molecule has 136 valence electrons. The standard InChI is InChI=1S/C16H26N2O5S/c1-4-23-15-9-6-5-8-14(15)18(24(3,20)21)12-7-10-16(19)17-11-13-22-2/h5-6,8-9H,4,7,10-13H2,1-3H3,(H,17,19). The number of para-hydroxylation sites is 2. The van der Waals surface area contributed by atoms with Gasteiger partial charge in [-0.1, -0.05) is 12.1 Å². The van der Waals surface area contributed by atoms with Crippen LogP contribution in [0, 0.1) is 0 Å². The topological polar surface area (TPSA) is 84.9 Å². The van der Waals surface area contributed by atoms with Crippen LogP contribution >= 0.6 is 0 Å². The van der Waals surface area contributed by atoms with E-state index in [-0.39, 0.29) is 18.9 Å². The summed E-state index contributed by atoms with van der Waals surface area (Å²) in [4.78, 5) is 11.7. The number of carbonyl (C=O) groups is 1. The predicted octanol–water partition coefficient (Wildman–Crippen LogP) is 1.39. The van der Waals surface area contributed by atoms with Gasteiger partial charge >= 0.3 is 0 Å². The lowest BCUT2D eigenvalue weighted by Crippen LogP contribution is -2.33. The maximum Gasteiger partial charge on any atom is 0.232 e. The summed E-state index contributed by atoms with van der Waals surface area (Å²) >= 11 is 0. The molecule has 1 aromatic carbocycles. The average molecular weight is 358 g/mol. The van der Waals surface area contributed by atoms with E-state index in [9.17, 15) is 13.2 Å². The van der Waals surface area contributed by atoms with Gasteiger partial charge in [0.15, 0.2) is 0 Å². The molecule has 0 radical (unpaired) electrons. The van der Waals surface area contributed by atoms with E-state index in [0.29, 0.717) is 37.6 Å². The van der Waals surface area contributed by atoms with E-state index >= 15 is 0 Å². The van der Waals surface area contributed by atoms with Crippen LogP contribution in [-0.4, -0.2) is 54.0 Å². The molecule has 0 aromatic heterocycles. The minimum atomic E-state index is -3.48. The lowest BCUT2D eigenvalue weighted by Gasteiger charge is -2.24. The van der Waals surface area contributed by atoms with Gasteiger partial charge in [-0.05, 0) is 25.5 Å². The number of hydrogen-bond acceptors (Lipinski definition) is 5. The van der Waals surface area contributed by atoms with E-state index in [4.69, 9.17) is 9.47 Å². The van der Waals surface area contributed by atoms with Crippen molar-refractivity contribution < 1.29 is 22.7 Å². The molecule has 1 N–H and O–H groups in total. The van der Waals surface area contributed by atoms with Crippen molar-refractivity contribution in [2.24, 2.45) is 0 Å². The van der Waals surface area contributed by atoms with E-state index < -0.39 is 10.0 Å². The molecule has 0 spiro atoms. The number of anilines is 1. The molecule has 0 aliphatic carbocycles. The van der Waals surface area contributed by atoms with Crippen LogP contribution in [-0.2, 0) is 19.6 Å². The van der Waals surface area contributed by atoms with Crippen molar-refractivity contribution in [3.8, 4) is 5.75 Å². The summed E-state index contributed by atoms with van der Waals surface area (Å²) in [5.74, 6) is 0.383. The Morgan fingerprint density at radius 3 is 2.62 bits per heavy atom. The van der Waals surface area contributed by atoms with E-state index in [1.54, 1.807) is 31.4 Å². The van der Waals surface area contributed by atoms with Gasteiger partial charge in [-0.3, -0.25) is 9.10 Å². The first-order valence-corrected chi connectivity index (χ1v) is 9.70. The van der Waals surface area contributed by atoms with E-state index in [1.165, 1.54) is 4.31 Å². The molecule has 7 nitrogen and oxygen atoms in total. The van der Waals surface area contributed by atoms with Gasteiger partial charge < -0.3 is 14.8 Å². The van der Waals surface area contributed by atoms with Crippen molar-refractivity contribution in [1.29, 1.82) is 0 Å². The molecule has 0 saturated heterocycles. The van der Waals surface area contributed by atoms with Crippen LogP contribution < -0.4 is 14.4 Å². The molecule has 0 aliphatic heterocycles. The number of amides is 1. The van der Waals surface area contributed by atoms with Crippen LogP contribution in [0.2, 0.25) is 0 Å². The first-order chi connectivity index (χ1) is 11.4. The quantitative estimate of drug-likeness (QED) is 0.604. The maximum atomic E-state index is 12.1. The van der Waals surface area contributed by atoms with Crippen molar-refractivity contribution in [3.63, 3.8) is 0 Å². The summed E-state index contributed by atoms with van der Waals surface area (Å²) in [7, 11) is -1.91. The lowest BCUT2D eigenvalue weighted by atomic mass is 10.2. The largest absolute Gasteiger partial charge is 0.492 e. The van der Waals surface area contributed by atoms with Crippen LogP contribution in [0.15, 0.2) is 24.3 Å². The first-order valence-electron chi connectivity index (χ1n) is 7.85. The Morgan fingerprint density at radius 2 is 2.00 bits per heavy atom. The minimum absolute atomic E-state index is 0.126. The molecule has 8 heteroatoms. The average Bonchev–Trinajstić information content (AvgIpc) is 2.52. The fraction of sp³-hybridized carbons (Fsp3) is 0.562. The van der Waals surface area contributed by atoms with E-state index in [1.807, 2.05) is 6.92 Å². The highest BCUT2D eigenvalue weighted by Crippen LogP contribution is 2.30. The molecular weight excluding hydrogens is 332 g/mol. The van der Waals surface area contributed by atoms with Crippen LogP contribution in [0.1, 0.15) is 19.8 Å². The van der Waals surface area contributed by atoms with Gasteiger partial charge in [-0.25, -0.2) is 8.42 Å². The van der Waals surface area contributed by atoms with Crippen LogP contribution in [0.4, 0.5) is 5.69 Å². The Bertz CT molecular complexity index is 619. The zero-order valence-electron chi connectivity index (χ0n) is 14.4. The zero-order chi connectivity index (χ0) is 18.0. The van der Waals surface area contributed by atoms with Crippen molar-refractivity contribution >= 4 is 21.6 Å². The Kier molecular flexibility index (Phi) is 8.56. The predicted molar refractivity (Wildman–Crippen MR) is 93.9 cm³/mol. The Labute approximate surface area is 144 Å². The number of nitrogens with one attached hydrogen (secondary N) is 1. The number of sulfonamides is 1. The Morgan fingerprint density at radius 1 is 1.29 bits per heavy atom. The SMILES string of the molecule is CCOc1ccccc1N(CCCC(=O)NCCOC)S(C)(=O)=O. The van der Waals surface area contributed by atoms with Gasteiger partial charge in [0.25, 0.3) is 0 Å². The second-order valence-corrected chi connectivity index (χ2v) is 7.09. The van der Waals surface area contributed by atoms with Gasteiger partial charge in [0.1, 0.15) is 5.75 Å². The summed E-state index contributed by atoms with van der Waals surface area (Å²) < 4.78 is 35.9. The Balaban J connectivity index is 2.73. The van der Waals surface area contributed by atoms with Crippen molar-refractivity contribution in [3.05, 3.63) is 24.3 Å². The summed E-state index contributed by atoms with van der Waals surface area (Å²) in [6.45, 7) is 3.38. The normalized spacial score (nSPS) is 11.1. The fourth-order valence-electron chi connectivity index (χ4n) is 2.17. The van der Waals surface area contributed by atoms with Gasteiger partial charge in [-0.2, -0.15) is 0 Å². The highest BCUT2D eigenvalue weighted by Gasteiger charge is 2.20. The highest BCUT2D eigenvalue weighted by atomic mass is 32.2. The number of methoxy groups -OCH3 is 1. The molecular formula is C16H26N2O5S. The second kappa shape index (κ2) is 10.1. The highest BCUT2D eigenvalue weighted by molar-refractivity contribution is 7.92. The third kappa shape index (κ3) is 6.76. The molecule has 0 saturated carbocycles. The number of carbonyl (C=O) groups excluding carboxylic acids is 1. The van der Waals surface area contributed by atoms with Gasteiger partial charge in [-0.15, -0.1) is 0 Å². The number of nitrogens with zero attached hydrogens (tertiary/aromatic N) is 1. The number of hydrogen-bond donors (Lipinski definition) is 1. The molecule has 0 aliphatic rings. The molecule has 0 bridgehead atoms. The van der Waals surface area contributed by atoms with E-state index in [0.717, 1.165) is 6.26 Å². The Hall–Kier alpha value is -1.80. The van der Waals surface area contributed by atoms with Gasteiger partial charge in [0.2, 0.25) is 15.9 Å². The molecule has 0 unspecified atom stereocenters. The zero-order valence-corrected chi connectivity index (χ0v) is 15.3. The van der Waals surface area contributed by atoms with Crippen LogP contribution in [0.3, 0.4) is 0 Å². The van der Waals surface area contributed by atoms with Gasteiger partial charge in [0, 0.05) is 26.6 Å². The third-order valence-electron chi connectivity index (χ3n) is 3.23. The van der Waals surface area contributed by atoms with Crippen molar-refractivity contribution in [1.82, 2.24) is 5.32 Å². The summed E-state index contributed by atoms with van der Waals surface area (Å²) in [6, 6.07) is 6.98. The monoisotopic (exact) mass is 358 g/mol. The molecule has 0 fully saturated rings. The third-order valence-corrected chi connectivity index (χ3v) is 4.41. The number of rotatable bonds is 11.